The Morgan fingerprint density at radius 3 is 2.77 bits per heavy atom. The van der Waals surface area contributed by atoms with Crippen molar-refractivity contribution in [3.8, 4) is 5.75 Å². The molecule has 0 N–H and O–H groups in total. The van der Waals surface area contributed by atoms with E-state index in [9.17, 15) is 13.6 Å². The lowest BCUT2D eigenvalue weighted by molar-refractivity contribution is 0.287. The van der Waals surface area contributed by atoms with Crippen molar-refractivity contribution in [2.24, 2.45) is 0 Å². The zero-order valence-electron chi connectivity index (χ0n) is 13.8. The molecule has 0 saturated heterocycles. The quantitative estimate of drug-likeness (QED) is 0.610. The van der Waals surface area contributed by atoms with Crippen LogP contribution >= 0.6 is 11.6 Å². The molecular formula is C19H14ClF2NO3. The Hall–Kier alpha value is -2.60. The Labute approximate surface area is 152 Å². The third-order valence-corrected chi connectivity index (χ3v) is 4.75. The molecule has 0 unspecified atom stereocenters. The van der Waals surface area contributed by atoms with E-state index < -0.39 is 17.3 Å². The van der Waals surface area contributed by atoms with Crippen molar-refractivity contribution < 1.29 is 17.9 Å². The van der Waals surface area contributed by atoms with E-state index in [1.807, 2.05) is 6.92 Å². The SMILES string of the molecule is CCc1cc(=O)oc2c3c(c(Cl)cc12)OCN(c1ccc(F)cc1F)C3. The summed E-state index contributed by atoms with van der Waals surface area (Å²) < 4.78 is 38.5. The van der Waals surface area contributed by atoms with Crippen molar-refractivity contribution in [2.45, 2.75) is 19.9 Å². The van der Waals surface area contributed by atoms with Crippen LogP contribution in [0, 0.1) is 11.6 Å². The number of nitrogens with zero attached hydrogens (tertiary/aromatic N) is 1. The molecule has 0 spiro atoms. The number of hydrogen-bond donors (Lipinski definition) is 0. The van der Waals surface area contributed by atoms with E-state index in [0.717, 1.165) is 17.0 Å². The van der Waals surface area contributed by atoms with Gasteiger partial charge in [-0.3, -0.25) is 0 Å². The lowest BCUT2D eigenvalue weighted by Gasteiger charge is -2.31. The van der Waals surface area contributed by atoms with Crippen molar-refractivity contribution in [3.63, 3.8) is 0 Å². The number of halogens is 3. The molecule has 1 aliphatic rings. The Bertz CT molecular complexity index is 1080. The van der Waals surface area contributed by atoms with Crippen molar-refractivity contribution in [2.75, 3.05) is 11.6 Å². The number of aryl methyl sites for hydroxylation is 1. The first kappa shape index (κ1) is 16.8. The van der Waals surface area contributed by atoms with E-state index in [4.69, 9.17) is 20.8 Å². The Morgan fingerprint density at radius 2 is 2.04 bits per heavy atom. The molecule has 0 bridgehead atoms. The molecular weight excluding hydrogens is 364 g/mol. The lowest BCUT2D eigenvalue weighted by Crippen LogP contribution is -2.33. The van der Waals surface area contributed by atoms with E-state index >= 15 is 0 Å². The number of rotatable bonds is 2. The summed E-state index contributed by atoms with van der Waals surface area (Å²) in [6.07, 6.45) is 0.633. The molecule has 2 aromatic carbocycles. The minimum absolute atomic E-state index is 0.0402. The first-order valence-electron chi connectivity index (χ1n) is 8.09. The highest BCUT2D eigenvalue weighted by Crippen LogP contribution is 2.40. The maximum atomic E-state index is 14.2. The second kappa shape index (κ2) is 6.29. The molecule has 1 aliphatic heterocycles. The van der Waals surface area contributed by atoms with Crippen molar-refractivity contribution in [3.05, 3.63) is 68.5 Å². The zero-order chi connectivity index (χ0) is 18.4. The van der Waals surface area contributed by atoms with Gasteiger partial charge in [0.2, 0.25) is 0 Å². The van der Waals surface area contributed by atoms with Crippen LogP contribution in [-0.2, 0) is 13.0 Å². The first-order valence-corrected chi connectivity index (χ1v) is 8.46. The number of benzene rings is 2. The van der Waals surface area contributed by atoms with Gasteiger partial charge in [-0.2, -0.15) is 0 Å². The fourth-order valence-electron chi connectivity index (χ4n) is 3.24. The molecule has 1 aromatic heterocycles. The molecule has 26 heavy (non-hydrogen) atoms. The topological polar surface area (TPSA) is 42.7 Å². The molecule has 7 heteroatoms. The Morgan fingerprint density at radius 1 is 1.23 bits per heavy atom. The molecule has 0 amide bonds. The largest absolute Gasteiger partial charge is 0.471 e. The molecule has 0 radical (unpaired) electrons. The van der Waals surface area contributed by atoms with E-state index in [1.54, 1.807) is 11.0 Å². The van der Waals surface area contributed by atoms with Crippen LogP contribution in [0.25, 0.3) is 11.0 Å². The van der Waals surface area contributed by atoms with Crippen LogP contribution in [0.15, 0.2) is 39.5 Å². The monoisotopic (exact) mass is 377 g/mol. The number of anilines is 1. The van der Waals surface area contributed by atoms with Crippen LogP contribution < -0.4 is 15.3 Å². The number of fused-ring (bicyclic) bond motifs is 3. The van der Waals surface area contributed by atoms with E-state index in [1.165, 1.54) is 18.2 Å². The molecule has 2 heterocycles. The molecule has 4 rings (SSSR count). The fraction of sp³-hybridized carbons (Fsp3) is 0.211. The summed E-state index contributed by atoms with van der Waals surface area (Å²) in [5, 5.41) is 1.12. The zero-order valence-corrected chi connectivity index (χ0v) is 14.6. The predicted molar refractivity (Wildman–Crippen MR) is 94.9 cm³/mol. The summed E-state index contributed by atoms with van der Waals surface area (Å²) in [5.74, 6) is -0.940. The summed E-state index contributed by atoms with van der Waals surface area (Å²) in [6, 6.07) is 6.49. The Balaban J connectivity index is 1.89. The van der Waals surface area contributed by atoms with Crippen LogP contribution in [0.5, 0.6) is 5.75 Å². The maximum absolute atomic E-state index is 14.2. The van der Waals surface area contributed by atoms with Crippen LogP contribution in [0.4, 0.5) is 14.5 Å². The highest BCUT2D eigenvalue weighted by molar-refractivity contribution is 6.33. The van der Waals surface area contributed by atoms with Gasteiger partial charge in [-0.15, -0.1) is 0 Å². The summed E-state index contributed by atoms with van der Waals surface area (Å²) in [5.41, 5.74) is 1.48. The summed E-state index contributed by atoms with van der Waals surface area (Å²) in [6.45, 7) is 2.18. The molecule has 0 atom stereocenters. The van der Waals surface area contributed by atoms with Crippen molar-refractivity contribution in [1.29, 1.82) is 0 Å². The van der Waals surface area contributed by atoms with Crippen molar-refractivity contribution >= 4 is 28.3 Å². The standard InChI is InChI=1S/C19H14ClF2NO3/c1-2-10-5-17(24)26-18-12(10)7-14(20)19-13(18)8-23(9-25-19)16-4-3-11(21)6-15(16)22/h3-7H,2,8-9H2,1H3. The van der Waals surface area contributed by atoms with Crippen LogP contribution in [0.2, 0.25) is 5.02 Å². The summed E-state index contributed by atoms with van der Waals surface area (Å²) in [7, 11) is 0. The third kappa shape index (κ3) is 2.70. The molecule has 4 nitrogen and oxygen atoms in total. The fourth-order valence-corrected chi connectivity index (χ4v) is 3.51. The second-order valence-corrected chi connectivity index (χ2v) is 6.46. The van der Waals surface area contributed by atoms with Gasteiger partial charge in [-0.25, -0.2) is 13.6 Å². The maximum Gasteiger partial charge on any atom is 0.336 e. The van der Waals surface area contributed by atoms with Crippen LogP contribution in [0.3, 0.4) is 0 Å². The second-order valence-electron chi connectivity index (χ2n) is 6.05. The Kier molecular flexibility index (Phi) is 4.07. The van der Waals surface area contributed by atoms with Gasteiger partial charge in [-0.05, 0) is 30.2 Å². The van der Waals surface area contributed by atoms with Gasteiger partial charge in [0.25, 0.3) is 0 Å². The van der Waals surface area contributed by atoms with E-state index in [0.29, 0.717) is 28.3 Å². The molecule has 0 aliphatic carbocycles. The highest BCUT2D eigenvalue weighted by Gasteiger charge is 2.26. The minimum atomic E-state index is -0.695. The summed E-state index contributed by atoms with van der Waals surface area (Å²) in [4.78, 5) is 13.5. The molecule has 3 aromatic rings. The average molecular weight is 378 g/mol. The highest BCUT2D eigenvalue weighted by atomic mass is 35.5. The minimum Gasteiger partial charge on any atom is -0.471 e. The van der Waals surface area contributed by atoms with Crippen LogP contribution in [-0.4, -0.2) is 6.73 Å². The van der Waals surface area contributed by atoms with E-state index in [2.05, 4.69) is 0 Å². The van der Waals surface area contributed by atoms with Gasteiger partial charge in [0.1, 0.15) is 23.0 Å². The lowest BCUT2D eigenvalue weighted by atomic mass is 10.0. The third-order valence-electron chi connectivity index (χ3n) is 4.47. The van der Waals surface area contributed by atoms with Gasteiger partial charge in [-0.1, -0.05) is 18.5 Å². The summed E-state index contributed by atoms with van der Waals surface area (Å²) >= 11 is 6.35. The van der Waals surface area contributed by atoms with Gasteiger partial charge >= 0.3 is 5.63 Å². The molecule has 0 saturated carbocycles. The van der Waals surface area contributed by atoms with Gasteiger partial charge in [0.05, 0.1) is 22.8 Å². The normalized spacial score (nSPS) is 13.6. The first-order chi connectivity index (χ1) is 12.5. The van der Waals surface area contributed by atoms with Crippen molar-refractivity contribution in [1.82, 2.24) is 0 Å². The molecule has 134 valence electrons. The average Bonchev–Trinajstić information content (AvgIpc) is 2.61. The van der Waals surface area contributed by atoms with Gasteiger partial charge < -0.3 is 14.1 Å². The molecule has 0 fully saturated rings. The number of hydrogen-bond acceptors (Lipinski definition) is 4. The van der Waals surface area contributed by atoms with E-state index in [-0.39, 0.29) is 19.0 Å². The van der Waals surface area contributed by atoms with Gasteiger partial charge in [0, 0.05) is 17.5 Å². The van der Waals surface area contributed by atoms with Gasteiger partial charge in [0.15, 0.2) is 6.73 Å². The van der Waals surface area contributed by atoms with Crippen LogP contribution in [0.1, 0.15) is 18.1 Å². The smallest absolute Gasteiger partial charge is 0.336 e. The predicted octanol–water partition coefficient (Wildman–Crippen LogP) is 4.64. The number of ether oxygens (including phenoxy) is 1.